The zero-order valence-electron chi connectivity index (χ0n) is 16.1. The van der Waals surface area contributed by atoms with E-state index in [4.69, 9.17) is 14.2 Å². The Balaban J connectivity index is 1.54. The van der Waals surface area contributed by atoms with Gasteiger partial charge in [-0.25, -0.2) is 0 Å². The molecule has 1 heterocycles. The number of piperazine rings is 1. The number of ether oxygens (including phenoxy) is 3. The van der Waals surface area contributed by atoms with Crippen LogP contribution in [0.15, 0.2) is 48.5 Å². The molecular formula is C21H26N2O4. The van der Waals surface area contributed by atoms with E-state index in [1.54, 1.807) is 21.1 Å². The van der Waals surface area contributed by atoms with Crippen molar-refractivity contribution in [2.45, 2.75) is 13.0 Å². The average molecular weight is 370 g/mol. The highest BCUT2D eigenvalue weighted by molar-refractivity contribution is 5.81. The van der Waals surface area contributed by atoms with Gasteiger partial charge in [0.15, 0.2) is 6.10 Å². The summed E-state index contributed by atoms with van der Waals surface area (Å²) in [6.07, 6.45) is -0.526. The molecule has 1 amide bonds. The van der Waals surface area contributed by atoms with Gasteiger partial charge in [0.05, 0.1) is 14.2 Å². The van der Waals surface area contributed by atoms with Crippen molar-refractivity contribution in [2.75, 3.05) is 45.3 Å². The van der Waals surface area contributed by atoms with Gasteiger partial charge in [-0.1, -0.05) is 6.07 Å². The van der Waals surface area contributed by atoms with Crippen molar-refractivity contribution in [1.29, 1.82) is 0 Å². The van der Waals surface area contributed by atoms with Crippen LogP contribution >= 0.6 is 0 Å². The molecule has 0 radical (unpaired) electrons. The molecule has 1 atom stereocenters. The topological polar surface area (TPSA) is 51.2 Å². The molecule has 0 bridgehead atoms. The van der Waals surface area contributed by atoms with E-state index in [0.29, 0.717) is 18.8 Å². The Morgan fingerprint density at radius 2 is 1.52 bits per heavy atom. The van der Waals surface area contributed by atoms with Gasteiger partial charge in [-0.2, -0.15) is 0 Å². The van der Waals surface area contributed by atoms with Crippen LogP contribution in [0.25, 0.3) is 0 Å². The van der Waals surface area contributed by atoms with E-state index < -0.39 is 6.10 Å². The molecule has 0 aliphatic carbocycles. The highest BCUT2D eigenvalue weighted by Gasteiger charge is 2.26. The minimum atomic E-state index is -0.526. The number of anilines is 1. The van der Waals surface area contributed by atoms with E-state index in [2.05, 4.69) is 11.0 Å². The van der Waals surface area contributed by atoms with Gasteiger partial charge in [0.2, 0.25) is 0 Å². The average Bonchev–Trinajstić information content (AvgIpc) is 2.74. The van der Waals surface area contributed by atoms with E-state index in [1.807, 2.05) is 47.4 Å². The fourth-order valence-electron chi connectivity index (χ4n) is 3.16. The lowest BCUT2D eigenvalue weighted by Crippen LogP contribution is -2.52. The second-order valence-electron chi connectivity index (χ2n) is 6.45. The van der Waals surface area contributed by atoms with Crippen LogP contribution in [-0.2, 0) is 4.79 Å². The summed E-state index contributed by atoms with van der Waals surface area (Å²) in [6.45, 7) is 4.71. The Bertz CT molecular complexity index is 755. The van der Waals surface area contributed by atoms with Crippen LogP contribution in [0.2, 0.25) is 0 Å². The first-order chi connectivity index (χ1) is 13.1. The Kier molecular flexibility index (Phi) is 6.06. The molecule has 2 aromatic rings. The summed E-state index contributed by atoms with van der Waals surface area (Å²) < 4.78 is 16.2. The van der Waals surface area contributed by atoms with E-state index in [-0.39, 0.29) is 5.91 Å². The SMILES string of the molecule is COc1ccc(OC(C)C(=O)N2CCN(c3cccc(OC)c3)CC2)cc1. The molecule has 1 saturated heterocycles. The number of nitrogens with zero attached hydrogens (tertiary/aromatic N) is 2. The van der Waals surface area contributed by atoms with Crippen LogP contribution in [0.1, 0.15) is 6.92 Å². The highest BCUT2D eigenvalue weighted by atomic mass is 16.5. The molecule has 1 aliphatic rings. The lowest BCUT2D eigenvalue weighted by atomic mass is 10.2. The lowest BCUT2D eigenvalue weighted by molar-refractivity contribution is -0.138. The maximum Gasteiger partial charge on any atom is 0.263 e. The van der Waals surface area contributed by atoms with Crippen molar-refractivity contribution in [3.05, 3.63) is 48.5 Å². The lowest BCUT2D eigenvalue weighted by Gasteiger charge is -2.37. The minimum Gasteiger partial charge on any atom is -0.497 e. The quantitative estimate of drug-likeness (QED) is 0.783. The monoisotopic (exact) mass is 370 g/mol. The van der Waals surface area contributed by atoms with Crippen molar-refractivity contribution in [3.8, 4) is 17.2 Å². The van der Waals surface area contributed by atoms with Crippen molar-refractivity contribution in [2.24, 2.45) is 0 Å². The van der Waals surface area contributed by atoms with Gasteiger partial charge in [0, 0.05) is 37.9 Å². The van der Waals surface area contributed by atoms with E-state index >= 15 is 0 Å². The van der Waals surface area contributed by atoms with Crippen molar-refractivity contribution in [3.63, 3.8) is 0 Å². The van der Waals surface area contributed by atoms with Gasteiger partial charge < -0.3 is 24.0 Å². The molecule has 0 saturated carbocycles. The van der Waals surface area contributed by atoms with Gasteiger partial charge in [-0.05, 0) is 43.3 Å². The van der Waals surface area contributed by atoms with Crippen molar-refractivity contribution >= 4 is 11.6 Å². The van der Waals surface area contributed by atoms with Gasteiger partial charge in [0.1, 0.15) is 17.2 Å². The molecule has 0 spiro atoms. The van der Waals surface area contributed by atoms with Crippen LogP contribution in [-0.4, -0.2) is 57.3 Å². The van der Waals surface area contributed by atoms with Crippen LogP contribution < -0.4 is 19.1 Å². The first kappa shape index (κ1) is 18.9. The highest BCUT2D eigenvalue weighted by Crippen LogP contribution is 2.23. The van der Waals surface area contributed by atoms with Crippen LogP contribution in [0, 0.1) is 0 Å². The molecule has 6 nitrogen and oxygen atoms in total. The summed E-state index contributed by atoms with van der Waals surface area (Å²) in [7, 11) is 3.28. The molecule has 0 aromatic heterocycles. The molecule has 0 N–H and O–H groups in total. The predicted molar refractivity (Wildman–Crippen MR) is 105 cm³/mol. The van der Waals surface area contributed by atoms with Crippen LogP contribution in [0.4, 0.5) is 5.69 Å². The second-order valence-corrected chi connectivity index (χ2v) is 6.45. The minimum absolute atomic E-state index is 0.0103. The molecule has 27 heavy (non-hydrogen) atoms. The fourth-order valence-corrected chi connectivity index (χ4v) is 3.16. The number of benzene rings is 2. The standard InChI is InChI=1S/C21H26N2O4/c1-16(27-19-9-7-18(25-2)8-10-19)21(24)23-13-11-22(12-14-23)17-5-4-6-20(15-17)26-3/h4-10,15-16H,11-14H2,1-3H3. The summed E-state index contributed by atoms with van der Waals surface area (Å²) in [4.78, 5) is 16.8. The molecule has 1 aliphatic heterocycles. The summed E-state index contributed by atoms with van der Waals surface area (Å²) >= 11 is 0. The third-order valence-corrected chi connectivity index (χ3v) is 4.73. The number of hydrogen-bond donors (Lipinski definition) is 0. The maximum absolute atomic E-state index is 12.7. The van der Waals surface area contributed by atoms with Crippen molar-refractivity contribution < 1.29 is 19.0 Å². The number of carbonyl (C=O) groups excluding carboxylic acids is 1. The Labute approximate surface area is 160 Å². The summed E-state index contributed by atoms with van der Waals surface area (Å²) in [5, 5.41) is 0. The molecule has 1 unspecified atom stereocenters. The van der Waals surface area contributed by atoms with E-state index in [0.717, 1.165) is 30.3 Å². The van der Waals surface area contributed by atoms with Crippen LogP contribution in [0.3, 0.4) is 0 Å². The third-order valence-electron chi connectivity index (χ3n) is 4.73. The number of carbonyl (C=O) groups is 1. The van der Waals surface area contributed by atoms with Gasteiger partial charge in [-0.15, -0.1) is 0 Å². The third kappa shape index (κ3) is 4.64. The first-order valence-corrected chi connectivity index (χ1v) is 9.09. The largest absolute Gasteiger partial charge is 0.497 e. The summed E-state index contributed by atoms with van der Waals surface area (Å²) in [5.74, 6) is 2.27. The Hall–Kier alpha value is -2.89. The Morgan fingerprint density at radius 3 is 2.15 bits per heavy atom. The molecule has 6 heteroatoms. The van der Waals surface area contributed by atoms with E-state index in [1.165, 1.54) is 0 Å². The number of hydrogen-bond acceptors (Lipinski definition) is 5. The maximum atomic E-state index is 12.7. The Morgan fingerprint density at radius 1 is 0.889 bits per heavy atom. The summed E-state index contributed by atoms with van der Waals surface area (Å²) in [5.41, 5.74) is 1.11. The number of amides is 1. The second kappa shape index (κ2) is 8.66. The zero-order chi connectivity index (χ0) is 19.2. The predicted octanol–water partition coefficient (Wildman–Crippen LogP) is 2.82. The number of methoxy groups -OCH3 is 2. The molecule has 144 valence electrons. The summed E-state index contributed by atoms with van der Waals surface area (Å²) in [6, 6.07) is 15.3. The van der Waals surface area contributed by atoms with Gasteiger partial charge in [-0.3, -0.25) is 4.79 Å². The van der Waals surface area contributed by atoms with Gasteiger partial charge in [0.25, 0.3) is 5.91 Å². The molecule has 2 aromatic carbocycles. The van der Waals surface area contributed by atoms with Gasteiger partial charge >= 0.3 is 0 Å². The number of rotatable bonds is 6. The van der Waals surface area contributed by atoms with Crippen LogP contribution in [0.5, 0.6) is 17.2 Å². The molecule has 3 rings (SSSR count). The molecule has 1 fully saturated rings. The normalized spacial score (nSPS) is 15.2. The fraction of sp³-hybridized carbons (Fsp3) is 0.381. The van der Waals surface area contributed by atoms with E-state index in [9.17, 15) is 4.79 Å². The smallest absolute Gasteiger partial charge is 0.263 e. The zero-order valence-corrected chi connectivity index (χ0v) is 16.1. The molecular weight excluding hydrogens is 344 g/mol. The van der Waals surface area contributed by atoms with Crippen molar-refractivity contribution in [1.82, 2.24) is 4.90 Å². The first-order valence-electron chi connectivity index (χ1n) is 9.09.